The average molecular weight is 310 g/mol. The minimum Gasteiger partial charge on any atom is -0.321 e. The smallest absolute Gasteiger partial charge is 0.321 e. The van der Waals surface area contributed by atoms with Gasteiger partial charge in [-0.3, -0.25) is 4.52 Å². The van der Waals surface area contributed by atoms with Gasteiger partial charge in [0.15, 0.2) is 0 Å². The van der Waals surface area contributed by atoms with Crippen LogP contribution in [0.2, 0.25) is 0 Å². The van der Waals surface area contributed by atoms with E-state index in [9.17, 15) is 8.78 Å². The van der Waals surface area contributed by atoms with Crippen LogP contribution < -0.4 is 5.09 Å². The number of rotatable bonds is 9. The molecule has 0 heterocycles. The highest BCUT2D eigenvalue weighted by molar-refractivity contribution is 8.08. The lowest BCUT2D eigenvalue weighted by Crippen LogP contribution is -2.28. The van der Waals surface area contributed by atoms with Crippen LogP contribution in [0.25, 0.3) is 0 Å². The van der Waals surface area contributed by atoms with Crippen molar-refractivity contribution in [2.24, 2.45) is 5.92 Å². The van der Waals surface area contributed by atoms with Crippen molar-refractivity contribution in [2.45, 2.75) is 32.8 Å². The molecule has 8 heteroatoms. The molecule has 0 aromatic carbocycles. The van der Waals surface area contributed by atoms with E-state index < -0.39 is 18.6 Å². The van der Waals surface area contributed by atoms with E-state index in [0.717, 1.165) is 12.8 Å². The van der Waals surface area contributed by atoms with E-state index in [1.165, 1.54) is 7.11 Å². The lowest BCUT2D eigenvalue weighted by atomic mass is 10.0. The summed E-state index contributed by atoms with van der Waals surface area (Å²) >= 11 is 10.0. The van der Waals surface area contributed by atoms with Gasteiger partial charge < -0.3 is 4.52 Å². The minimum atomic E-state index is -3.46. The maximum atomic E-state index is 13.0. The number of hydrogen-bond donors (Lipinski definition) is 1. The van der Waals surface area contributed by atoms with E-state index >= 15 is 0 Å². The number of nitrogens with one attached hydrogen (secondary N) is 1. The number of alkyl halides is 3. The molecule has 0 fully saturated rings. The molecule has 17 heavy (non-hydrogen) atoms. The molecule has 1 atom stereocenters. The first kappa shape index (κ1) is 17.7. The third kappa shape index (κ3) is 6.99. The van der Waals surface area contributed by atoms with Crippen molar-refractivity contribution in [3.63, 3.8) is 0 Å². The van der Waals surface area contributed by atoms with E-state index in [4.69, 9.17) is 27.9 Å². The second-order valence-electron chi connectivity index (χ2n) is 3.59. The Balaban J connectivity index is 4.43. The summed E-state index contributed by atoms with van der Waals surface area (Å²) in [7, 11) is 1.25. The Hall–Kier alpha value is 0.680. The molecule has 0 radical (unpaired) electrons. The lowest BCUT2D eigenvalue weighted by Gasteiger charge is -2.26. The predicted octanol–water partition coefficient (Wildman–Crippen LogP) is 3.73. The molecule has 0 aliphatic heterocycles. The summed E-state index contributed by atoms with van der Waals surface area (Å²) in [6, 6.07) is 0. The Morgan fingerprint density at radius 1 is 1.41 bits per heavy atom. The van der Waals surface area contributed by atoms with Crippen LogP contribution in [0, 0.1) is 5.92 Å². The van der Waals surface area contributed by atoms with Crippen molar-refractivity contribution >= 4 is 30.1 Å². The van der Waals surface area contributed by atoms with Crippen LogP contribution >= 0.6 is 18.2 Å². The van der Waals surface area contributed by atoms with Crippen molar-refractivity contribution in [3.05, 3.63) is 0 Å². The van der Waals surface area contributed by atoms with Gasteiger partial charge in [-0.1, -0.05) is 26.7 Å². The second kappa shape index (κ2) is 7.97. The van der Waals surface area contributed by atoms with E-state index in [0.29, 0.717) is 12.5 Å². The van der Waals surface area contributed by atoms with Crippen LogP contribution in [0.3, 0.4) is 0 Å². The Labute approximate surface area is 111 Å². The summed E-state index contributed by atoms with van der Waals surface area (Å²) in [4.78, 5) is 0. The molecule has 104 valence electrons. The molecule has 0 spiro atoms. The quantitative estimate of drug-likeness (QED) is 0.519. The van der Waals surface area contributed by atoms with Crippen molar-refractivity contribution in [3.8, 4) is 0 Å². The molecule has 0 saturated carbocycles. The fraction of sp³-hybridized carbons (Fsp3) is 1.00. The summed E-state index contributed by atoms with van der Waals surface area (Å²) in [6.07, 6.45) is -1.59. The van der Waals surface area contributed by atoms with Crippen LogP contribution in [0.15, 0.2) is 0 Å². The molecule has 1 N–H and O–H groups in total. The standard InChI is InChI=1S/C9H19ClF2NO2PS/c1-4-8(5-2)6-13-16(17,14-3)15-9(11,12)7-10/h8H,4-7H2,1-3H3,(H,13,17). The van der Waals surface area contributed by atoms with E-state index in [1.807, 2.05) is 13.8 Å². The number of halogens is 3. The molecule has 0 rings (SSSR count). The van der Waals surface area contributed by atoms with Gasteiger partial charge in [0.2, 0.25) is 0 Å². The van der Waals surface area contributed by atoms with Crippen molar-refractivity contribution < 1.29 is 17.8 Å². The first-order valence-corrected chi connectivity index (χ1v) is 8.55. The molecule has 1 unspecified atom stereocenters. The molecule has 0 aliphatic carbocycles. The summed E-state index contributed by atoms with van der Waals surface area (Å²) in [6.45, 7) is 1.38. The van der Waals surface area contributed by atoms with Crippen molar-refractivity contribution in [1.29, 1.82) is 0 Å². The maximum absolute atomic E-state index is 13.0. The fourth-order valence-corrected chi connectivity index (χ4v) is 3.00. The zero-order chi connectivity index (χ0) is 13.5. The average Bonchev–Trinajstić information content (AvgIpc) is 2.30. The van der Waals surface area contributed by atoms with Crippen LogP contribution in [0.1, 0.15) is 26.7 Å². The zero-order valence-electron chi connectivity index (χ0n) is 10.2. The molecule has 0 aliphatic rings. The Morgan fingerprint density at radius 2 is 1.94 bits per heavy atom. The highest BCUT2D eigenvalue weighted by Crippen LogP contribution is 2.48. The molecule has 0 saturated heterocycles. The molecule has 0 amide bonds. The van der Waals surface area contributed by atoms with E-state index in [2.05, 4.69) is 9.61 Å². The van der Waals surface area contributed by atoms with Gasteiger partial charge in [0.05, 0.1) is 0 Å². The van der Waals surface area contributed by atoms with Crippen molar-refractivity contribution in [1.82, 2.24) is 5.09 Å². The van der Waals surface area contributed by atoms with Crippen LogP contribution in [0.4, 0.5) is 8.78 Å². The molecule has 3 nitrogen and oxygen atoms in total. The van der Waals surface area contributed by atoms with Crippen LogP contribution in [0.5, 0.6) is 0 Å². The SMILES string of the molecule is CCC(CC)CNP(=S)(OC)OC(F)(F)CCl. The van der Waals surface area contributed by atoms with E-state index in [-0.39, 0.29) is 0 Å². The van der Waals surface area contributed by atoms with E-state index in [1.54, 1.807) is 0 Å². The Kier molecular flexibility index (Phi) is 8.29. The van der Waals surface area contributed by atoms with Crippen LogP contribution in [-0.4, -0.2) is 25.6 Å². The third-order valence-corrected chi connectivity index (χ3v) is 5.31. The summed E-state index contributed by atoms with van der Waals surface area (Å²) in [5, 5.41) is 2.78. The summed E-state index contributed by atoms with van der Waals surface area (Å²) in [5.41, 5.74) is 0. The molecule has 0 aromatic heterocycles. The van der Waals surface area contributed by atoms with Gasteiger partial charge in [0.1, 0.15) is 5.88 Å². The summed E-state index contributed by atoms with van der Waals surface area (Å²) in [5.74, 6) is -0.581. The number of hydrogen-bond acceptors (Lipinski definition) is 3. The second-order valence-corrected chi connectivity index (χ2v) is 7.16. The first-order valence-electron chi connectivity index (χ1n) is 5.37. The minimum absolute atomic E-state index is 0.362. The highest BCUT2D eigenvalue weighted by Gasteiger charge is 2.37. The largest absolute Gasteiger partial charge is 0.375 e. The van der Waals surface area contributed by atoms with Gasteiger partial charge in [0, 0.05) is 13.7 Å². The molecule has 0 bridgehead atoms. The van der Waals surface area contributed by atoms with Gasteiger partial charge in [-0.25, -0.2) is 5.09 Å². The van der Waals surface area contributed by atoms with Gasteiger partial charge in [-0.05, 0) is 17.7 Å². The van der Waals surface area contributed by atoms with Gasteiger partial charge in [-0.2, -0.15) is 8.78 Å². The molecular formula is C9H19ClF2NO2PS. The molecule has 0 aromatic rings. The molecular weight excluding hydrogens is 291 g/mol. The fourth-order valence-electron chi connectivity index (χ4n) is 1.15. The first-order chi connectivity index (χ1) is 7.82. The summed E-state index contributed by atoms with van der Waals surface area (Å²) < 4.78 is 35.4. The van der Waals surface area contributed by atoms with Gasteiger partial charge in [0.25, 0.3) is 6.64 Å². The Bertz CT molecular complexity index is 267. The predicted molar refractivity (Wildman–Crippen MR) is 70.1 cm³/mol. The lowest BCUT2D eigenvalue weighted by molar-refractivity contribution is -0.156. The Morgan fingerprint density at radius 3 is 2.29 bits per heavy atom. The third-order valence-electron chi connectivity index (χ3n) is 2.38. The maximum Gasteiger partial charge on any atom is 0.375 e. The van der Waals surface area contributed by atoms with Crippen molar-refractivity contribution in [2.75, 3.05) is 19.5 Å². The zero-order valence-corrected chi connectivity index (χ0v) is 12.7. The normalized spacial score (nSPS) is 16.2. The van der Waals surface area contributed by atoms with Gasteiger partial charge in [-0.15, -0.1) is 11.6 Å². The topological polar surface area (TPSA) is 30.5 Å². The highest BCUT2D eigenvalue weighted by atomic mass is 35.5. The monoisotopic (exact) mass is 309 g/mol. The van der Waals surface area contributed by atoms with Gasteiger partial charge >= 0.3 is 6.11 Å². The van der Waals surface area contributed by atoms with Crippen LogP contribution in [-0.2, 0) is 20.9 Å².